The largest absolute Gasteiger partial charge is 0.390 e. The highest BCUT2D eigenvalue weighted by Crippen LogP contribution is 2.40. The van der Waals surface area contributed by atoms with E-state index >= 15 is 0 Å². The van der Waals surface area contributed by atoms with Crippen molar-refractivity contribution in [2.24, 2.45) is 17.8 Å². The zero-order valence-corrected chi connectivity index (χ0v) is 16.9. The van der Waals surface area contributed by atoms with Crippen molar-refractivity contribution in [2.75, 3.05) is 19.6 Å². The molecule has 4 nitrogen and oxygen atoms in total. The fraction of sp³-hybridized carbons (Fsp3) is 0.542. The van der Waals surface area contributed by atoms with Gasteiger partial charge in [0.05, 0.1) is 23.2 Å². The summed E-state index contributed by atoms with van der Waals surface area (Å²) < 4.78 is 2.27. The lowest BCUT2D eigenvalue weighted by Gasteiger charge is -2.38. The lowest BCUT2D eigenvalue weighted by molar-refractivity contribution is 0.0219. The summed E-state index contributed by atoms with van der Waals surface area (Å²) in [5.74, 6) is 3.13. The van der Waals surface area contributed by atoms with Crippen LogP contribution in [-0.4, -0.2) is 45.3 Å². The minimum Gasteiger partial charge on any atom is -0.390 e. The second-order valence-electron chi connectivity index (χ2n) is 9.06. The van der Waals surface area contributed by atoms with Gasteiger partial charge >= 0.3 is 0 Å². The first-order chi connectivity index (χ1) is 13.6. The van der Waals surface area contributed by atoms with Gasteiger partial charge < -0.3 is 14.6 Å². The van der Waals surface area contributed by atoms with Gasteiger partial charge in [-0.3, -0.25) is 0 Å². The van der Waals surface area contributed by atoms with Gasteiger partial charge in [-0.2, -0.15) is 0 Å². The highest BCUT2D eigenvalue weighted by atomic mass is 16.3. The van der Waals surface area contributed by atoms with Gasteiger partial charge in [0.1, 0.15) is 5.82 Å². The fourth-order valence-electron chi connectivity index (χ4n) is 5.70. The first kappa shape index (κ1) is 18.1. The lowest BCUT2D eigenvalue weighted by Crippen LogP contribution is -2.46. The average Bonchev–Trinajstić information content (AvgIpc) is 3.21. The summed E-state index contributed by atoms with van der Waals surface area (Å²) in [4.78, 5) is 7.23. The van der Waals surface area contributed by atoms with Crippen LogP contribution in [0.15, 0.2) is 36.4 Å². The van der Waals surface area contributed by atoms with E-state index in [1.54, 1.807) is 0 Å². The van der Waals surface area contributed by atoms with E-state index in [-0.39, 0.29) is 12.1 Å². The van der Waals surface area contributed by atoms with Crippen molar-refractivity contribution in [3.05, 3.63) is 53.9 Å². The summed E-state index contributed by atoms with van der Waals surface area (Å²) >= 11 is 0. The normalized spacial score (nSPS) is 32.9. The van der Waals surface area contributed by atoms with E-state index in [4.69, 9.17) is 4.98 Å². The first-order valence-corrected chi connectivity index (χ1v) is 10.7. The van der Waals surface area contributed by atoms with Crippen molar-refractivity contribution in [2.45, 2.75) is 45.3 Å². The predicted octanol–water partition coefficient (Wildman–Crippen LogP) is 3.83. The summed E-state index contributed by atoms with van der Waals surface area (Å²) in [6, 6.07) is 6.56. The molecule has 1 aliphatic heterocycles. The van der Waals surface area contributed by atoms with E-state index in [0.29, 0.717) is 11.8 Å². The Labute approximate surface area is 167 Å². The van der Waals surface area contributed by atoms with Crippen LogP contribution in [0.25, 0.3) is 11.0 Å². The zero-order valence-electron chi connectivity index (χ0n) is 16.9. The maximum atomic E-state index is 11.0. The van der Waals surface area contributed by atoms with E-state index < -0.39 is 0 Å². The summed E-state index contributed by atoms with van der Waals surface area (Å²) in [6.45, 7) is 7.09. The van der Waals surface area contributed by atoms with E-state index in [9.17, 15) is 5.11 Å². The number of aliphatic hydroxyl groups excluding tert-OH is 1. The predicted molar refractivity (Wildman–Crippen MR) is 112 cm³/mol. The maximum Gasteiger partial charge on any atom is 0.107 e. The molecule has 0 amide bonds. The number of fused-ring (bicyclic) bond motifs is 2. The lowest BCUT2D eigenvalue weighted by atomic mass is 9.92. The molecule has 5 rings (SSSR count). The number of β-amino-alcohol motifs (C(OH)–C–C–N with tert-alkyl or cyclic N) is 1. The molecule has 1 N–H and O–H groups in total. The van der Waals surface area contributed by atoms with Crippen LogP contribution >= 0.6 is 0 Å². The third-order valence-electron chi connectivity index (χ3n) is 7.01. The van der Waals surface area contributed by atoms with Gasteiger partial charge in [-0.1, -0.05) is 24.3 Å². The number of piperidine rings is 1. The number of aryl methyl sites for hydroxylation is 2. The molecule has 2 heterocycles. The van der Waals surface area contributed by atoms with Crippen LogP contribution in [0.1, 0.15) is 36.7 Å². The molecular formula is C24H30N3O. The summed E-state index contributed by atoms with van der Waals surface area (Å²) in [5, 5.41) is 11.0. The highest BCUT2D eigenvalue weighted by Gasteiger charge is 2.36. The minimum absolute atomic E-state index is 0.121. The van der Waals surface area contributed by atoms with Crippen molar-refractivity contribution in [1.82, 2.24) is 14.5 Å². The number of nitrogens with zero attached hydrogens (tertiary/aromatic N) is 3. The van der Waals surface area contributed by atoms with Gasteiger partial charge in [0.15, 0.2) is 0 Å². The highest BCUT2D eigenvalue weighted by molar-refractivity contribution is 5.77. The van der Waals surface area contributed by atoms with Gasteiger partial charge in [0.2, 0.25) is 0 Å². The second-order valence-corrected chi connectivity index (χ2v) is 9.06. The van der Waals surface area contributed by atoms with Crippen LogP contribution in [-0.2, 0) is 0 Å². The zero-order chi connectivity index (χ0) is 19.3. The van der Waals surface area contributed by atoms with Crippen molar-refractivity contribution < 1.29 is 5.11 Å². The van der Waals surface area contributed by atoms with Gasteiger partial charge in [0.25, 0.3) is 0 Å². The van der Waals surface area contributed by atoms with Crippen molar-refractivity contribution in [3.8, 4) is 0 Å². The van der Waals surface area contributed by atoms with Crippen LogP contribution < -0.4 is 0 Å². The maximum absolute atomic E-state index is 11.0. The molecule has 1 saturated heterocycles. The molecular weight excluding hydrogens is 346 g/mol. The molecule has 0 bridgehead atoms. The number of hydrogen-bond donors (Lipinski definition) is 1. The van der Waals surface area contributed by atoms with Crippen molar-refractivity contribution in [3.63, 3.8) is 0 Å². The van der Waals surface area contributed by atoms with Gasteiger partial charge in [-0.15, -0.1) is 0 Å². The van der Waals surface area contributed by atoms with E-state index in [2.05, 4.69) is 65.8 Å². The van der Waals surface area contributed by atoms with Gasteiger partial charge in [0, 0.05) is 19.6 Å². The van der Waals surface area contributed by atoms with Crippen LogP contribution in [0.3, 0.4) is 0 Å². The van der Waals surface area contributed by atoms with Crippen LogP contribution in [0.2, 0.25) is 0 Å². The van der Waals surface area contributed by atoms with E-state index in [1.807, 2.05) is 0 Å². The number of aromatic nitrogens is 2. The van der Waals surface area contributed by atoms with Crippen LogP contribution in [0, 0.1) is 37.7 Å². The molecule has 2 aliphatic carbocycles. The Balaban J connectivity index is 1.27. The number of likely N-dealkylation sites (tertiary alicyclic amines) is 1. The third-order valence-corrected chi connectivity index (χ3v) is 7.01. The quantitative estimate of drug-likeness (QED) is 0.885. The summed E-state index contributed by atoms with van der Waals surface area (Å²) in [6.07, 6.45) is 13.1. The number of aliphatic hydroxyl groups is 1. The van der Waals surface area contributed by atoms with Crippen LogP contribution in [0.4, 0.5) is 0 Å². The number of rotatable bonds is 3. The number of allylic oxidation sites excluding steroid dienone is 4. The van der Waals surface area contributed by atoms with E-state index in [1.165, 1.54) is 18.4 Å². The van der Waals surface area contributed by atoms with E-state index in [0.717, 1.165) is 48.8 Å². The van der Waals surface area contributed by atoms with Crippen molar-refractivity contribution >= 4 is 11.0 Å². The van der Waals surface area contributed by atoms with Crippen molar-refractivity contribution in [1.29, 1.82) is 0 Å². The topological polar surface area (TPSA) is 41.3 Å². The average molecular weight is 377 g/mol. The molecule has 28 heavy (non-hydrogen) atoms. The first-order valence-electron chi connectivity index (χ1n) is 10.7. The summed E-state index contributed by atoms with van der Waals surface area (Å²) in [5.41, 5.74) is 3.42. The molecule has 2 unspecified atom stereocenters. The standard InChI is InChI=1S/C24H30N3O/c1-16-7-8-22-21(11-16)25-17(2)27(22)23-9-10-26(15-24(23)28)14-18-12-19-5-3-4-6-20(19)13-18/h3,5-8,11,18-20,23-24,28H,9-10,12-15H2,1-2H3/t18-,19?,20?,23-,24-/m1/s1. The second kappa shape index (κ2) is 7.16. The molecule has 2 aromatic rings. The van der Waals surface area contributed by atoms with Crippen LogP contribution in [0.5, 0.6) is 0 Å². The number of imidazole rings is 1. The Hall–Kier alpha value is -1.91. The summed E-state index contributed by atoms with van der Waals surface area (Å²) in [7, 11) is 0. The molecule has 1 radical (unpaired) electrons. The monoisotopic (exact) mass is 376 g/mol. The molecule has 0 spiro atoms. The van der Waals surface area contributed by atoms with Gasteiger partial charge in [-0.25, -0.2) is 4.98 Å². The molecule has 3 aliphatic rings. The molecule has 2 fully saturated rings. The smallest absolute Gasteiger partial charge is 0.107 e. The number of benzene rings is 1. The third kappa shape index (κ3) is 3.23. The Morgan fingerprint density at radius 2 is 2.07 bits per heavy atom. The molecule has 1 saturated carbocycles. The molecule has 1 aromatic heterocycles. The van der Waals surface area contributed by atoms with Gasteiger partial charge in [-0.05, 0) is 74.6 Å². The SMILES string of the molecule is Cc1ccc2c(c1)nc(C)n2[C@@H]1CCN(C[C@H]2CC3C=[C]C=CC3C2)C[C@H]1O. The Kier molecular flexibility index (Phi) is 4.64. The Morgan fingerprint density at radius 3 is 2.89 bits per heavy atom. The fourth-order valence-corrected chi connectivity index (χ4v) is 5.70. The molecule has 147 valence electrons. The Morgan fingerprint density at radius 1 is 1.21 bits per heavy atom. The molecule has 4 heteroatoms. The molecule has 5 atom stereocenters. The minimum atomic E-state index is -0.344. The Bertz CT molecular complexity index is 907. The number of hydrogen-bond acceptors (Lipinski definition) is 3. The molecule has 1 aromatic carbocycles.